The number of ketones is 2. The van der Waals surface area contributed by atoms with Gasteiger partial charge in [0.05, 0.1) is 6.61 Å². The molecule has 4 nitrogen and oxygen atoms in total. The Bertz CT molecular complexity index is 347. The van der Waals surface area contributed by atoms with Gasteiger partial charge in [-0.15, -0.1) is 0 Å². The molecule has 0 aromatic rings. The minimum Gasteiger partial charge on any atom is -0.465 e. The first-order valence-electron chi connectivity index (χ1n) is 6.51. The third-order valence-electron chi connectivity index (χ3n) is 3.06. The van der Waals surface area contributed by atoms with E-state index in [0.29, 0.717) is 0 Å². The van der Waals surface area contributed by atoms with Crippen molar-refractivity contribution >= 4 is 17.5 Å². The smallest absolute Gasteiger partial charge is 0.316 e. The highest BCUT2D eigenvalue weighted by Gasteiger charge is 2.40. The summed E-state index contributed by atoms with van der Waals surface area (Å²) in [5.41, 5.74) is -0.638. The summed E-state index contributed by atoms with van der Waals surface area (Å²) in [5.74, 6) is -1.63. The van der Waals surface area contributed by atoms with Crippen LogP contribution in [-0.4, -0.2) is 24.1 Å². The third-order valence-corrected chi connectivity index (χ3v) is 3.06. The quantitative estimate of drug-likeness (QED) is 0.538. The van der Waals surface area contributed by atoms with Gasteiger partial charge < -0.3 is 4.74 Å². The highest BCUT2D eigenvalue weighted by molar-refractivity contribution is 6.05. The molecule has 1 unspecified atom stereocenters. The molecule has 0 aromatic carbocycles. The lowest BCUT2D eigenvalue weighted by molar-refractivity contribution is -0.155. The van der Waals surface area contributed by atoms with Crippen LogP contribution in [0.5, 0.6) is 0 Å². The van der Waals surface area contributed by atoms with Gasteiger partial charge in [0.15, 0.2) is 5.78 Å². The van der Waals surface area contributed by atoms with E-state index in [9.17, 15) is 14.4 Å². The number of esters is 1. The Morgan fingerprint density at radius 1 is 1.22 bits per heavy atom. The Balaban J connectivity index is 2.76. The lowest BCUT2D eigenvalue weighted by Crippen LogP contribution is -2.36. The normalized spacial score (nSPS) is 17.1. The third kappa shape index (κ3) is 3.93. The molecule has 1 rings (SSSR count). The van der Waals surface area contributed by atoms with Crippen LogP contribution in [0.2, 0.25) is 0 Å². The minimum atomic E-state index is -0.932. The zero-order valence-electron chi connectivity index (χ0n) is 11.6. The van der Waals surface area contributed by atoms with Crippen LogP contribution in [0, 0.1) is 17.3 Å². The van der Waals surface area contributed by atoms with Crippen molar-refractivity contribution in [1.29, 1.82) is 0 Å². The highest BCUT2D eigenvalue weighted by Crippen LogP contribution is 2.33. The maximum Gasteiger partial charge on any atom is 0.316 e. The van der Waals surface area contributed by atoms with Gasteiger partial charge in [-0.05, 0) is 19.8 Å². The highest BCUT2D eigenvalue weighted by atomic mass is 16.5. The molecule has 1 saturated carbocycles. The molecule has 102 valence electrons. The Morgan fingerprint density at radius 3 is 2.17 bits per heavy atom. The van der Waals surface area contributed by atoms with E-state index in [-0.39, 0.29) is 30.5 Å². The topological polar surface area (TPSA) is 60.4 Å². The first-order valence-corrected chi connectivity index (χ1v) is 6.51. The average Bonchev–Trinajstić information content (AvgIpc) is 3.07. The summed E-state index contributed by atoms with van der Waals surface area (Å²) in [5, 5.41) is 0. The van der Waals surface area contributed by atoms with Crippen LogP contribution in [0.15, 0.2) is 0 Å². The van der Waals surface area contributed by atoms with Crippen molar-refractivity contribution in [1.82, 2.24) is 0 Å². The van der Waals surface area contributed by atoms with E-state index in [1.807, 2.05) is 0 Å². The molecule has 0 aliphatic heterocycles. The number of hydrogen-bond donors (Lipinski definition) is 0. The molecular weight excluding hydrogens is 232 g/mol. The maximum absolute atomic E-state index is 12.2. The van der Waals surface area contributed by atoms with Crippen molar-refractivity contribution in [3.8, 4) is 0 Å². The van der Waals surface area contributed by atoms with Gasteiger partial charge in [0, 0.05) is 17.8 Å². The molecule has 0 heterocycles. The van der Waals surface area contributed by atoms with Crippen LogP contribution in [0.4, 0.5) is 0 Å². The van der Waals surface area contributed by atoms with Gasteiger partial charge in [-0.1, -0.05) is 20.8 Å². The van der Waals surface area contributed by atoms with Gasteiger partial charge >= 0.3 is 5.97 Å². The van der Waals surface area contributed by atoms with Crippen LogP contribution in [-0.2, 0) is 19.1 Å². The molecule has 18 heavy (non-hydrogen) atoms. The standard InChI is InChI=1S/C14H22O4/c1-5-18-13(17)10(12(16)14(2,3)4)8-11(15)9-6-7-9/h9-10H,5-8H2,1-4H3. The summed E-state index contributed by atoms with van der Waals surface area (Å²) in [6.45, 7) is 7.18. The Labute approximate surface area is 108 Å². The molecule has 0 radical (unpaired) electrons. The zero-order chi connectivity index (χ0) is 13.9. The number of rotatable bonds is 6. The number of Topliss-reactive ketones (excluding diaryl/α,β-unsaturated/α-hetero) is 2. The molecule has 0 bridgehead atoms. The molecule has 4 heteroatoms. The van der Waals surface area contributed by atoms with Crippen molar-refractivity contribution in [3.05, 3.63) is 0 Å². The van der Waals surface area contributed by atoms with Crippen molar-refractivity contribution < 1.29 is 19.1 Å². The van der Waals surface area contributed by atoms with Gasteiger partial charge in [0.1, 0.15) is 11.7 Å². The van der Waals surface area contributed by atoms with Gasteiger partial charge in [-0.2, -0.15) is 0 Å². The summed E-state index contributed by atoms with van der Waals surface area (Å²) in [4.78, 5) is 35.8. The van der Waals surface area contributed by atoms with Crippen molar-refractivity contribution in [3.63, 3.8) is 0 Å². The van der Waals surface area contributed by atoms with Crippen molar-refractivity contribution in [2.45, 2.75) is 47.0 Å². The second-order valence-electron chi connectivity index (χ2n) is 5.86. The zero-order valence-corrected chi connectivity index (χ0v) is 11.6. The van der Waals surface area contributed by atoms with E-state index in [1.54, 1.807) is 27.7 Å². The fourth-order valence-electron chi connectivity index (χ4n) is 1.82. The van der Waals surface area contributed by atoms with Crippen LogP contribution >= 0.6 is 0 Å². The SMILES string of the molecule is CCOC(=O)C(CC(=O)C1CC1)C(=O)C(C)(C)C. The Kier molecular flexibility index (Phi) is 4.65. The number of hydrogen-bond acceptors (Lipinski definition) is 4. The molecule has 1 aliphatic carbocycles. The lowest BCUT2D eigenvalue weighted by Gasteiger charge is -2.22. The van der Waals surface area contributed by atoms with Gasteiger partial charge in [0.25, 0.3) is 0 Å². The average molecular weight is 254 g/mol. The first kappa shape index (κ1) is 14.9. The van der Waals surface area contributed by atoms with Gasteiger partial charge in [-0.3, -0.25) is 14.4 Å². The van der Waals surface area contributed by atoms with Crippen LogP contribution in [0.3, 0.4) is 0 Å². The number of carbonyl (C=O) groups excluding carboxylic acids is 3. The van der Waals surface area contributed by atoms with Crippen LogP contribution in [0.25, 0.3) is 0 Å². The predicted octanol–water partition coefficient (Wildman–Crippen LogP) is 2.15. The summed E-state index contributed by atoms with van der Waals surface area (Å²) < 4.78 is 4.91. The summed E-state index contributed by atoms with van der Waals surface area (Å²) in [6, 6.07) is 0. The van der Waals surface area contributed by atoms with Gasteiger partial charge in [0.2, 0.25) is 0 Å². The second kappa shape index (κ2) is 5.63. The second-order valence-corrected chi connectivity index (χ2v) is 5.86. The first-order chi connectivity index (χ1) is 8.27. The molecule has 0 aromatic heterocycles. The molecule has 0 saturated heterocycles. The largest absolute Gasteiger partial charge is 0.465 e. The lowest BCUT2D eigenvalue weighted by atomic mass is 9.80. The summed E-state index contributed by atoms with van der Waals surface area (Å²) in [7, 11) is 0. The van der Waals surface area contributed by atoms with E-state index in [4.69, 9.17) is 4.74 Å². The van der Waals surface area contributed by atoms with E-state index in [1.165, 1.54) is 0 Å². The van der Waals surface area contributed by atoms with Gasteiger partial charge in [-0.25, -0.2) is 0 Å². The van der Waals surface area contributed by atoms with Crippen LogP contribution in [0.1, 0.15) is 47.0 Å². The molecule has 0 amide bonds. The fourth-order valence-corrected chi connectivity index (χ4v) is 1.82. The van der Waals surface area contributed by atoms with E-state index < -0.39 is 17.3 Å². The number of carbonyl (C=O) groups is 3. The van der Waals surface area contributed by atoms with E-state index in [0.717, 1.165) is 12.8 Å². The molecule has 1 aliphatic rings. The fraction of sp³-hybridized carbons (Fsp3) is 0.786. The summed E-state index contributed by atoms with van der Waals surface area (Å²) in [6.07, 6.45) is 1.77. The van der Waals surface area contributed by atoms with Crippen molar-refractivity contribution in [2.75, 3.05) is 6.61 Å². The van der Waals surface area contributed by atoms with E-state index >= 15 is 0 Å². The number of ether oxygens (including phenoxy) is 1. The Hall–Kier alpha value is -1.19. The minimum absolute atomic E-state index is 0.000394. The molecule has 0 N–H and O–H groups in total. The Morgan fingerprint density at radius 2 is 1.78 bits per heavy atom. The van der Waals surface area contributed by atoms with Crippen molar-refractivity contribution in [2.24, 2.45) is 17.3 Å². The monoisotopic (exact) mass is 254 g/mol. The van der Waals surface area contributed by atoms with Crippen LogP contribution < -0.4 is 0 Å². The molecule has 1 fully saturated rings. The predicted molar refractivity (Wildman–Crippen MR) is 66.9 cm³/mol. The van der Waals surface area contributed by atoms with E-state index in [2.05, 4.69) is 0 Å². The maximum atomic E-state index is 12.2. The molecule has 1 atom stereocenters. The molecule has 0 spiro atoms. The summed E-state index contributed by atoms with van der Waals surface area (Å²) >= 11 is 0. The molecular formula is C14H22O4.